The number of amides is 1. The molecular weight excluding hydrogens is 298 g/mol. The van der Waals surface area contributed by atoms with E-state index in [4.69, 9.17) is 4.99 Å². The molecule has 0 atom stereocenters. The van der Waals surface area contributed by atoms with Crippen molar-refractivity contribution in [3.05, 3.63) is 83.3 Å². The molecule has 0 bridgehead atoms. The van der Waals surface area contributed by atoms with Gasteiger partial charge in [0.1, 0.15) is 5.84 Å². The molecule has 0 fully saturated rings. The van der Waals surface area contributed by atoms with Gasteiger partial charge in [-0.1, -0.05) is 36.4 Å². The summed E-state index contributed by atoms with van der Waals surface area (Å²) in [4.78, 5) is 18.7. The van der Waals surface area contributed by atoms with Crippen LogP contribution in [-0.4, -0.2) is 23.2 Å². The predicted molar refractivity (Wildman–Crippen MR) is 94.2 cm³/mol. The summed E-state index contributed by atoms with van der Waals surface area (Å²) in [7, 11) is 0. The molecule has 0 unspecified atom stereocenters. The van der Waals surface area contributed by atoms with E-state index in [-0.39, 0.29) is 5.91 Å². The van der Waals surface area contributed by atoms with Crippen molar-refractivity contribution < 1.29 is 4.79 Å². The van der Waals surface area contributed by atoms with Gasteiger partial charge < -0.3 is 10.2 Å². The lowest BCUT2D eigenvalue weighted by Crippen LogP contribution is -2.31. The number of nitrogens with zero attached hydrogens (tertiary/aromatic N) is 2. The van der Waals surface area contributed by atoms with E-state index in [9.17, 15) is 4.79 Å². The van der Waals surface area contributed by atoms with Crippen molar-refractivity contribution >= 4 is 22.5 Å². The Labute approximate surface area is 139 Å². The minimum absolute atomic E-state index is 0.0677. The summed E-state index contributed by atoms with van der Waals surface area (Å²) in [6.07, 6.45) is 6.10. The number of allylic oxidation sites excluding steroid dienone is 1. The lowest BCUT2D eigenvalue weighted by atomic mass is 10.0. The fraction of sp³-hybridized carbons (Fsp3) is 0.100. The van der Waals surface area contributed by atoms with E-state index in [1.165, 1.54) is 10.8 Å². The van der Waals surface area contributed by atoms with Crippen LogP contribution in [0.5, 0.6) is 0 Å². The summed E-state index contributed by atoms with van der Waals surface area (Å²) < 4.78 is 0. The van der Waals surface area contributed by atoms with Gasteiger partial charge in [0.25, 0.3) is 0 Å². The zero-order valence-electron chi connectivity index (χ0n) is 13.0. The molecule has 4 heteroatoms. The van der Waals surface area contributed by atoms with Crippen LogP contribution >= 0.6 is 0 Å². The van der Waals surface area contributed by atoms with Gasteiger partial charge in [-0.15, -0.1) is 0 Å². The number of rotatable bonds is 1. The Balaban J connectivity index is 1.65. The number of carbonyl (C=O) groups excluding carboxylic acids is 1. The van der Waals surface area contributed by atoms with Crippen molar-refractivity contribution in [1.29, 1.82) is 0 Å². The third-order valence-corrected chi connectivity index (χ3v) is 4.69. The molecular formula is C20H15N3O. The SMILES string of the molecule is O=C1C=CC2=CN=C(c3ccc4ccccc4c3)N3CCC(=C23)N1. The number of hydrogen-bond donors (Lipinski definition) is 1. The molecule has 0 aliphatic carbocycles. The van der Waals surface area contributed by atoms with Crippen LogP contribution in [-0.2, 0) is 4.79 Å². The maximum atomic E-state index is 11.8. The van der Waals surface area contributed by atoms with Gasteiger partial charge in [0, 0.05) is 42.1 Å². The number of carbonyl (C=O) groups is 1. The smallest absolute Gasteiger partial charge is 0.248 e. The Morgan fingerprint density at radius 1 is 1.04 bits per heavy atom. The van der Waals surface area contributed by atoms with Gasteiger partial charge in [-0.3, -0.25) is 4.79 Å². The second-order valence-corrected chi connectivity index (χ2v) is 6.15. The summed E-state index contributed by atoms with van der Waals surface area (Å²) >= 11 is 0. The molecule has 2 aromatic rings. The maximum Gasteiger partial charge on any atom is 0.248 e. The van der Waals surface area contributed by atoms with Crippen molar-refractivity contribution in [2.75, 3.05) is 6.54 Å². The van der Waals surface area contributed by atoms with E-state index < -0.39 is 0 Å². The molecule has 0 spiro atoms. The second-order valence-electron chi connectivity index (χ2n) is 6.15. The van der Waals surface area contributed by atoms with Crippen LogP contribution in [0.3, 0.4) is 0 Å². The maximum absolute atomic E-state index is 11.8. The van der Waals surface area contributed by atoms with Crippen molar-refractivity contribution in [3.8, 4) is 0 Å². The summed E-state index contributed by atoms with van der Waals surface area (Å²) in [5.74, 6) is 0.876. The predicted octanol–water partition coefficient (Wildman–Crippen LogP) is 3.09. The first-order chi connectivity index (χ1) is 11.8. The summed E-state index contributed by atoms with van der Waals surface area (Å²) in [5.41, 5.74) is 4.15. The van der Waals surface area contributed by atoms with Crippen LogP contribution in [0.25, 0.3) is 10.8 Å². The summed E-state index contributed by atoms with van der Waals surface area (Å²) in [6.45, 7) is 0.835. The molecule has 116 valence electrons. The highest BCUT2D eigenvalue weighted by atomic mass is 16.1. The Morgan fingerprint density at radius 3 is 2.83 bits per heavy atom. The molecule has 0 radical (unpaired) electrons. The lowest BCUT2D eigenvalue weighted by molar-refractivity contribution is -0.115. The Kier molecular flexibility index (Phi) is 2.73. The molecule has 5 rings (SSSR count). The topological polar surface area (TPSA) is 44.7 Å². The van der Waals surface area contributed by atoms with Crippen molar-refractivity contribution in [2.24, 2.45) is 4.99 Å². The first-order valence-corrected chi connectivity index (χ1v) is 8.07. The zero-order chi connectivity index (χ0) is 16.1. The third-order valence-electron chi connectivity index (χ3n) is 4.69. The fourth-order valence-electron chi connectivity index (χ4n) is 3.58. The molecule has 4 nitrogen and oxygen atoms in total. The van der Waals surface area contributed by atoms with E-state index in [1.54, 1.807) is 6.08 Å². The summed E-state index contributed by atoms with van der Waals surface area (Å²) in [5, 5.41) is 5.41. The van der Waals surface area contributed by atoms with Crippen LogP contribution in [0.2, 0.25) is 0 Å². The minimum atomic E-state index is -0.0677. The molecule has 24 heavy (non-hydrogen) atoms. The third kappa shape index (κ3) is 1.93. The number of aliphatic imine (C=N–C) groups is 1. The van der Waals surface area contributed by atoms with Gasteiger partial charge in [0.15, 0.2) is 0 Å². The number of hydrogen-bond acceptors (Lipinski definition) is 3. The Hall–Kier alpha value is -3.14. The average molecular weight is 313 g/mol. The van der Waals surface area contributed by atoms with E-state index in [0.717, 1.165) is 41.3 Å². The summed E-state index contributed by atoms with van der Waals surface area (Å²) in [6, 6.07) is 14.8. The van der Waals surface area contributed by atoms with Gasteiger partial charge in [0.2, 0.25) is 5.91 Å². The molecule has 2 aromatic carbocycles. The fourth-order valence-corrected chi connectivity index (χ4v) is 3.58. The number of fused-ring (bicyclic) bond motifs is 1. The Bertz CT molecular complexity index is 1010. The number of amidine groups is 1. The standard InChI is InChI=1S/C20H15N3O/c24-18-8-7-16-12-21-20(23-10-9-17(22-18)19(16)23)15-6-5-13-3-1-2-4-14(13)11-15/h1-8,11-12H,9-10H2,(H,22,24). The molecule has 3 aliphatic heterocycles. The zero-order valence-corrected chi connectivity index (χ0v) is 13.0. The lowest BCUT2D eigenvalue weighted by Gasteiger charge is -2.27. The number of nitrogens with one attached hydrogen (secondary N) is 1. The van der Waals surface area contributed by atoms with Crippen LogP contribution in [0, 0.1) is 0 Å². The van der Waals surface area contributed by atoms with Crippen LogP contribution in [0.4, 0.5) is 0 Å². The van der Waals surface area contributed by atoms with Gasteiger partial charge >= 0.3 is 0 Å². The first-order valence-electron chi connectivity index (χ1n) is 8.07. The van der Waals surface area contributed by atoms with Gasteiger partial charge in [-0.25, -0.2) is 4.99 Å². The van der Waals surface area contributed by atoms with E-state index >= 15 is 0 Å². The Morgan fingerprint density at radius 2 is 1.92 bits per heavy atom. The minimum Gasteiger partial charge on any atom is -0.324 e. The molecule has 1 amide bonds. The first kappa shape index (κ1) is 13.3. The van der Waals surface area contributed by atoms with Gasteiger partial charge in [-0.2, -0.15) is 0 Å². The molecule has 0 saturated heterocycles. The molecule has 3 aliphatic rings. The molecule has 3 heterocycles. The monoisotopic (exact) mass is 313 g/mol. The van der Waals surface area contributed by atoms with Crippen LogP contribution in [0.1, 0.15) is 12.0 Å². The molecule has 0 saturated carbocycles. The molecule has 0 aromatic heterocycles. The van der Waals surface area contributed by atoms with Gasteiger partial charge in [-0.05, 0) is 22.9 Å². The highest BCUT2D eigenvalue weighted by molar-refractivity contribution is 6.05. The quantitative estimate of drug-likeness (QED) is 0.879. The van der Waals surface area contributed by atoms with Crippen LogP contribution < -0.4 is 5.32 Å². The second kappa shape index (κ2) is 4.93. The van der Waals surface area contributed by atoms with Gasteiger partial charge in [0.05, 0.1) is 5.70 Å². The average Bonchev–Trinajstić information content (AvgIpc) is 2.95. The van der Waals surface area contributed by atoms with E-state index in [0.29, 0.717) is 0 Å². The van der Waals surface area contributed by atoms with Crippen molar-refractivity contribution in [2.45, 2.75) is 6.42 Å². The van der Waals surface area contributed by atoms with Crippen molar-refractivity contribution in [3.63, 3.8) is 0 Å². The van der Waals surface area contributed by atoms with Crippen LogP contribution in [0.15, 0.2) is 82.8 Å². The van der Waals surface area contributed by atoms with E-state index in [1.807, 2.05) is 18.3 Å². The normalized spacial score (nSPS) is 19.0. The highest BCUT2D eigenvalue weighted by Gasteiger charge is 2.32. The number of benzene rings is 2. The molecule has 1 N–H and O–H groups in total. The van der Waals surface area contributed by atoms with E-state index in [2.05, 4.69) is 46.6 Å². The largest absolute Gasteiger partial charge is 0.324 e. The van der Waals surface area contributed by atoms with Crippen molar-refractivity contribution in [1.82, 2.24) is 10.2 Å². The highest BCUT2D eigenvalue weighted by Crippen LogP contribution is 2.34.